The van der Waals surface area contributed by atoms with E-state index in [1.54, 1.807) is 0 Å². The molecule has 2 aliphatic heterocycles. The zero-order chi connectivity index (χ0) is 39.4. The maximum Gasteiger partial charge on any atom is 0.333 e. The van der Waals surface area contributed by atoms with Gasteiger partial charge in [0.15, 0.2) is 24.8 Å². The Balaban J connectivity index is 1.99. The Morgan fingerprint density at radius 3 is 1.21 bits per heavy atom. The van der Waals surface area contributed by atoms with Crippen molar-refractivity contribution in [2.75, 3.05) is 24.7 Å². The lowest BCUT2D eigenvalue weighted by Gasteiger charge is -2.43. The van der Waals surface area contributed by atoms with Crippen LogP contribution in [-0.2, 0) is 47.7 Å². The molecule has 14 atom stereocenters. The fourth-order valence-electron chi connectivity index (χ4n) is 4.67. The van der Waals surface area contributed by atoms with E-state index in [1.165, 1.54) is 0 Å². The van der Waals surface area contributed by atoms with E-state index >= 15 is 0 Å². The number of carboxylic acid groups (broad SMARTS) is 4. The van der Waals surface area contributed by atoms with Gasteiger partial charge in [0, 0.05) is 11.5 Å². The van der Waals surface area contributed by atoms with Gasteiger partial charge in [0.05, 0.1) is 38.1 Å². The van der Waals surface area contributed by atoms with E-state index in [4.69, 9.17) is 40.6 Å². The standard InChI is InChI=1S/C26H42N4O20S2/c27-7(21(41)29-15-19(39)17(37)11(3-31)49-25(15)47-9(23(43)44)1-13(33)34)5-51-52-6-8(28)22(42)30-16-20(40)18(38)12(4-32)50-26(16)48-10(24(45)46)2-14(35)36/h7-12,15-20,25-26,31-32,37-40H,1-6,27-28H2,(H,29,41)(H,30,42)(H,33,34)(H,35,36)(H,43,44)(H,45,46)/t7-,8-,9-,10-,11+,12+,15+,16+,17+,18+,19+,20+,25-,26-/m0/s1. The summed E-state index contributed by atoms with van der Waals surface area (Å²) < 4.78 is 20.9. The minimum atomic E-state index is -2.01. The van der Waals surface area contributed by atoms with Gasteiger partial charge in [-0.2, -0.15) is 0 Å². The van der Waals surface area contributed by atoms with Crippen molar-refractivity contribution in [3.63, 3.8) is 0 Å². The average Bonchev–Trinajstić information content (AvgIpc) is 3.07. The van der Waals surface area contributed by atoms with Gasteiger partial charge in [-0.25, -0.2) is 9.59 Å². The molecule has 0 unspecified atom stereocenters. The number of carbonyl (C=O) groups is 6. The zero-order valence-electron chi connectivity index (χ0n) is 26.9. The van der Waals surface area contributed by atoms with Gasteiger partial charge in [0.2, 0.25) is 11.8 Å². The highest BCUT2D eigenvalue weighted by Gasteiger charge is 2.49. The van der Waals surface area contributed by atoms with Gasteiger partial charge in [0.1, 0.15) is 48.7 Å². The summed E-state index contributed by atoms with van der Waals surface area (Å²) in [5.41, 5.74) is 11.8. The predicted molar refractivity (Wildman–Crippen MR) is 170 cm³/mol. The third kappa shape index (κ3) is 12.9. The lowest BCUT2D eigenvalue weighted by molar-refractivity contribution is -0.281. The molecule has 298 valence electrons. The summed E-state index contributed by atoms with van der Waals surface area (Å²) in [4.78, 5) is 70.9. The summed E-state index contributed by atoms with van der Waals surface area (Å²) in [6.07, 6.45) is -20.2. The minimum Gasteiger partial charge on any atom is -0.481 e. The Morgan fingerprint density at radius 2 is 0.942 bits per heavy atom. The van der Waals surface area contributed by atoms with Crippen LogP contribution in [0.2, 0.25) is 0 Å². The second-order valence-electron chi connectivity index (χ2n) is 11.4. The van der Waals surface area contributed by atoms with Crippen LogP contribution >= 0.6 is 21.6 Å². The lowest BCUT2D eigenvalue weighted by Crippen LogP contribution is -2.66. The van der Waals surface area contributed by atoms with Crippen molar-refractivity contribution in [3.05, 3.63) is 0 Å². The third-order valence-corrected chi connectivity index (χ3v) is 9.97. The molecule has 2 aliphatic rings. The number of hydrogen-bond acceptors (Lipinski definition) is 20. The Hall–Kier alpha value is -2.96. The second-order valence-corrected chi connectivity index (χ2v) is 13.9. The molecule has 52 heavy (non-hydrogen) atoms. The molecule has 26 heteroatoms. The number of hydrogen-bond donors (Lipinski definition) is 14. The first-order chi connectivity index (χ1) is 24.3. The molecule has 0 radical (unpaired) electrons. The molecule has 0 aromatic rings. The molecular formula is C26H42N4O20S2. The average molecular weight is 795 g/mol. The van der Waals surface area contributed by atoms with E-state index in [0.717, 1.165) is 21.6 Å². The van der Waals surface area contributed by atoms with Crippen LogP contribution in [0.3, 0.4) is 0 Å². The molecule has 24 nitrogen and oxygen atoms in total. The summed E-state index contributed by atoms with van der Waals surface area (Å²) in [7, 11) is 1.85. The van der Waals surface area contributed by atoms with Crippen molar-refractivity contribution >= 4 is 57.3 Å². The molecule has 2 amide bonds. The fraction of sp³-hybridized carbons (Fsp3) is 0.769. The van der Waals surface area contributed by atoms with Gasteiger partial charge in [-0.3, -0.25) is 19.2 Å². The van der Waals surface area contributed by atoms with Gasteiger partial charge in [-0.05, 0) is 0 Å². The monoisotopic (exact) mass is 794 g/mol. The largest absolute Gasteiger partial charge is 0.481 e. The molecule has 0 aromatic carbocycles. The van der Waals surface area contributed by atoms with Crippen molar-refractivity contribution in [1.82, 2.24) is 10.6 Å². The highest BCUT2D eigenvalue weighted by molar-refractivity contribution is 8.76. The highest BCUT2D eigenvalue weighted by atomic mass is 33.1. The van der Waals surface area contributed by atoms with Crippen LogP contribution in [0.25, 0.3) is 0 Å². The van der Waals surface area contributed by atoms with E-state index in [-0.39, 0.29) is 11.5 Å². The van der Waals surface area contributed by atoms with Gasteiger partial charge in [-0.15, -0.1) is 0 Å². The van der Waals surface area contributed by atoms with Gasteiger partial charge >= 0.3 is 23.9 Å². The molecule has 2 saturated heterocycles. The second kappa shape index (κ2) is 21.1. The Kier molecular flexibility index (Phi) is 18.3. The molecule has 0 aliphatic carbocycles. The quantitative estimate of drug-likeness (QED) is 0.0379. The number of carboxylic acids is 4. The SMILES string of the molecule is N[C@@H](CSSC[C@H](N)C(=O)N[C@H]1[C@@H](O[C@@H](CC(=O)O)C(=O)O)O[C@H](CO)[C@@H](O)[C@@H]1O)C(=O)N[C@H]1[C@@H](O[C@@H](CC(=O)O)C(=O)O)O[C@H](CO)[C@@H](O)[C@@H]1O. The number of aliphatic hydroxyl groups is 6. The Morgan fingerprint density at radius 1 is 0.615 bits per heavy atom. The van der Waals surface area contributed by atoms with Crippen LogP contribution in [0.1, 0.15) is 12.8 Å². The zero-order valence-corrected chi connectivity index (χ0v) is 28.5. The Bertz CT molecular complexity index is 1160. The smallest absolute Gasteiger partial charge is 0.333 e. The van der Waals surface area contributed by atoms with Crippen LogP contribution in [0.4, 0.5) is 0 Å². The van der Waals surface area contributed by atoms with Crippen LogP contribution < -0.4 is 22.1 Å². The van der Waals surface area contributed by atoms with E-state index in [1.807, 2.05) is 0 Å². The number of rotatable bonds is 21. The van der Waals surface area contributed by atoms with Crippen molar-refractivity contribution in [2.45, 2.75) is 98.4 Å². The first kappa shape index (κ1) is 45.2. The predicted octanol–water partition coefficient (Wildman–Crippen LogP) is -7.24. The summed E-state index contributed by atoms with van der Waals surface area (Å²) in [5, 5.41) is 102. The van der Waals surface area contributed by atoms with Gasteiger partial charge < -0.3 is 92.1 Å². The number of aliphatic carboxylic acids is 4. The number of aliphatic hydroxyl groups excluding tert-OH is 6. The number of nitrogens with two attached hydrogens (primary N) is 2. The topological polar surface area (TPSA) is 418 Å². The number of carbonyl (C=O) groups excluding carboxylic acids is 2. The molecule has 2 rings (SSSR count). The van der Waals surface area contributed by atoms with Crippen LogP contribution in [0.15, 0.2) is 0 Å². The molecule has 16 N–H and O–H groups in total. The van der Waals surface area contributed by atoms with Gasteiger partial charge in [0.25, 0.3) is 0 Å². The molecule has 2 fully saturated rings. The lowest BCUT2D eigenvalue weighted by atomic mass is 9.96. The van der Waals surface area contributed by atoms with Crippen LogP contribution in [-0.4, -0.2) is 197 Å². The van der Waals surface area contributed by atoms with Crippen molar-refractivity contribution in [2.24, 2.45) is 11.5 Å². The van der Waals surface area contributed by atoms with E-state index in [9.17, 15) is 69.6 Å². The molecule has 0 bridgehead atoms. The maximum atomic E-state index is 12.9. The van der Waals surface area contributed by atoms with E-state index in [2.05, 4.69) is 10.6 Å². The molecule has 0 spiro atoms. The van der Waals surface area contributed by atoms with Crippen molar-refractivity contribution < 1.29 is 98.8 Å². The molecular weight excluding hydrogens is 752 g/mol. The highest BCUT2D eigenvalue weighted by Crippen LogP contribution is 2.27. The summed E-state index contributed by atoms with van der Waals surface area (Å²) in [6, 6.07) is -6.10. The number of amides is 2. The van der Waals surface area contributed by atoms with Crippen LogP contribution in [0, 0.1) is 0 Å². The first-order valence-corrected chi connectivity index (χ1v) is 17.6. The maximum absolute atomic E-state index is 12.9. The fourth-order valence-corrected chi connectivity index (χ4v) is 6.91. The molecule has 0 aromatic heterocycles. The van der Waals surface area contributed by atoms with E-state index < -0.39 is 147 Å². The minimum absolute atomic E-state index is 0.182. The number of nitrogens with one attached hydrogen (secondary N) is 2. The molecule has 2 heterocycles. The summed E-state index contributed by atoms with van der Waals surface area (Å²) in [5.74, 6) is -8.88. The van der Waals surface area contributed by atoms with Crippen molar-refractivity contribution in [3.8, 4) is 0 Å². The first-order valence-electron chi connectivity index (χ1n) is 15.1. The molecule has 0 saturated carbocycles. The van der Waals surface area contributed by atoms with Crippen LogP contribution in [0.5, 0.6) is 0 Å². The van der Waals surface area contributed by atoms with Crippen molar-refractivity contribution in [1.29, 1.82) is 0 Å². The summed E-state index contributed by atoms with van der Waals surface area (Å²) in [6.45, 7) is -1.73. The van der Waals surface area contributed by atoms with E-state index in [0.29, 0.717) is 0 Å². The third-order valence-electron chi connectivity index (χ3n) is 7.50. The Labute approximate surface area is 301 Å². The van der Waals surface area contributed by atoms with Gasteiger partial charge in [-0.1, -0.05) is 21.6 Å². The summed E-state index contributed by atoms with van der Waals surface area (Å²) >= 11 is 0. The number of ether oxygens (including phenoxy) is 4. The normalized spacial score (nSPS) is 31.4.